The number of rotatable bonds is 0. The summed E-state index contributed by atoms with van der Waals surface area (Å²) < 4.78 is 5.25. The molecule has 0 aromatic carbocycles. The van der Waals surface area contributed by atoms with Gasteiger partial charge in [-0.2, -0.15) is 0 Å². The number of ether oxygens (including phenoxy) is 1. The molecule has 2 heterocycles. The molecule has 1 aliphatic rings. The molecule has 0 atom stereocenters. The normalized spacial score (nSPS) is 13.6. The first-order chi connectivity index (χ1) is 5.27. The predicted octanol–water partition coefficient (Wildman–Crippen LogP) is 0.855. The van der Waals surface area contributed by atoms with Crippen molar-refractivity contribution in [2.24, 2.45) is 0 Å². The van der Waals surface area contributed by atoms with Gasteiger partial charge in [0.2, 0.25) is 0 Å². The van der Waals surface area contributed by atoms with Gasteiger partial charge in [-0.3, -0.25) is 0 Å². The Balaban J connectivity index is 2.60. The standard InChI is InChI=1S/C7H9N3O/c1-4-6-7(8-3-11-6)10-5(2)9-4/h3H2,1-2H3,(H,8,9,10). The second-order valence-corrected chi connectivity index (χ2v) is 2.50. The highest BCUT2D eigenvalue weighted by molar-refractivity contribution is 5.55. The maximum Gasteiger partial charge on any atom is 0.185 e. The van der Waals surface area contributed by atoms with Crippen molar-refractivity contribution in [1.29, 1.82) is 0 Å². The van der Waals surface area contributed by atoms with Crippen molar-refractivity contribution in [2.45, 2.75) is 13.8 Å². The number of hydrogen-bond acceptors (Lipinski definition) is 4. The Morgan fingerprint density at radius 2 is 2.18 bits per heavy atom. The zero-order valence-electron chi connectivity index (χ0n) is 6.51. The van der Waals surface area contributed by atoms with E-state index in [1.807, 2.05) is 13.8 Å². The molecule has 0 bridgehead atoms. The lowest BCUT2D eigenvalue weighted by Crippen LogP contribution is -1.97. The van der Waals surface area contributed by atoms with Crippen LogP contribution in [0.5, 0.6) is 5.75 Å². The number of aryl methyl sites for hydroxylation is 2. The Bertz CT molecular complexity index is 298. The van der Waals surface area contributed by atoms with Gasteiger partial charge >= 0.3 is 0 Å². The molecule has 0 saturated heterocycles. The van der Waals surface area contributed by atoms with Gasteiger partial charge in [-0.25, -0.2) is 9.97 Å². The molecule has 0 radical (unpaired) electrons. The van der Waals surface area contributed by atoms with Crippen molar-refractivity contribution in [3.63, 3.8) is 0 Å². The van der Waals surface area contributed by atoms with Crippen LogP contribution in [-0.4, -0.2) is 16.7 Å². The van der Waals surface area contributed by atoms with Gasteiger partial charge in [-0.15, -0.1) is 0 Å². The first kappa shape index (κ1) is 6.39. The maximum atomic E-state index is 5.25. The zero-order valence-corrected chi connectivity index (χ0v) is 6.51. The molecular weight excluding hydrogens is 142 g/mol. The number of nitrogens with zero attached hydrogens (tertiary/aromatic N) is 2. The third-order valence-electron chi connectivity index (χ3n) is 1.60. The second kappa shape index (κ2) is 2.08. The molecule has 1 aromatic rings. The summed E-state index contributed by atoms with van der Waals surface area (Å²) in [4.78, 5) is 8.34. The summed E-state index contributed by atoms with van der Waals surface area (Å²) in [5.41, 5.74) is 0.900. The topological polar surface area (TPSA) is 47.0 Å². The molecule has 11 heavy (non-hydrogen) atoms. The van der Waals surface area contributed by atoms with Crippen molar-refractivity contribution in [3.8, 4) is 5.75 Å². The molecule has 0 unspecified atom stereocenters. The monoisotopic (exact) mass is 151 g/mol. The fourth-order valence-electron chi connectivity index (χ4n) is 1.17. The SMILES string of the molecule is Cc1nc(C)c2c(n1)NCO2. The lowest BCUT2D eigenvalue weighted by atomic mass is 10.4. The van der Waals surface area contributed by atoms with Gasteiger partial charge in [0.05, 0.1) is 5.69 Å². The lowest BCUT2D eigenvalue weighted by Gasteiger charge is -2.00. The number of nitrogens with one attached hydrogen (secondary N) is 1. The molecule has 4 nitrogen and oxygen atoms in total. The molecule has 4 heteroatoms. The third-order valence-corrected chi connectivity index (χ3v) is 1.60. The number of anilines is 1. The van der Waals surface area contributed by atoms with Gasteiger partial charge in [-0.1, -0.05) is 0 Å². The van der Waals surface area contributed by atoms with Crippen molar-refractivity contribution in [3.05, 3.63) is 11.5 Å². The molecule has 2 rings (SSSR count). The summed E-state index contributed by atoms with van der Waals surface area (Å²) >= 11 is 0. The Morgan fingerprint density at radius 3 is 3.00 bits per heavy atom. The van der Waals surface area contributed by atoms with Gasteiger partial charge in [0.25, 0.3) is 0 Å². The molecule has 1 N–H and O–H groups in total. The fraction of sp³-hybridized carbons (Fsp3) is 0.429. The van der Waals surface area contributed by atoms with E-state index in [-0.39, 0.29) is 0 Å². The summed E-state index contributed by atoms with van der Waals surface area (Å²) in [6, 6.07) is 0. The maximum absolute atomic E-state index is 5.25. The molecule has 1 aliphatic heterocycles. The van der Waals surface area contributed by atoms with Crippen molar-refractivity contribution in [2.75, 3.05) is 12.0 Å². The predicted molar refractivity (Wildman–Crippen MR) is 40.6 cm³/mol. The van der Waals surface area contributed by atoms with Crippen LogP contribution in [0.2, 0.25) is 0 Å². The molecule has 1 aromatic heterocycles. The van der Waals surface area contributed by atoms with Crippen LogP contribution in [0.4, 0.5) is 5.82 Å². The van der Waals surface area contributed by atoms with Crippen LogP contribution in [0.1, 0.15) is 11.5 Å². The highest BCUT2D eigenvalue weighted by Crippen LogP contribution is 2.28. The van der Waals surface area contributed by atoms with E-state index in [2.05, 4.69) is 15.3 Å². The minimum atomic E-state index is 0.508. The molecule has 0 saturated carbocycles. The highest BCUT2D eigenvalue weighted by atomic mass is 16.5. The molecule has 0 aliphatic carbocycles. The molecule has 0 amide bonds. The Morgan fingerprint density at radius 1 is 1.36 bits per heavy atom. The first-order valence-corrected chi connectivity index (χ1v) is 3.49. The van der Waals surface area contributed by atoms with Gasteiger partial charge in [0.1, 0.15) is 5.82 Å². The fourth-order valence-corrected chi connectivity index (χ4v) is 1.17. The van der Waals surface area contributed by atoms with E-state index in [0.29, 0.717) is 6.73 Å². The summed E-state index contributed by atoms with van der Waals surface area (Å²) in [6.45, 7) is 4.29. The van der Waals surface area contributed by atoms with Crippen molar-refractivity contribution < 1.29 is 4.74 Å². The van der Waals surface area contributed by atoms with Crippen LogP contribution in [0.3, 0.4) is 0 Å². The summed E-state index contributed by atoms with van der Waals surface area (Å²) in [6.07, 6.45) is 0. The van der Waals surface area contributed by atoms with E-state index in [1.54, 1.807) is 0 Å². The van der Waals surface area contributed by atoms with Crippen LogP contribution in [-0.2, 0) is 0 Å². The lowest BCUT2D eigenvalue weighted by molar-refractivity contribution is 0.368. The second-order valence-electron chi connectivity index (χ2n) is 2.50. The average Bonchev–Trinajstić information content (AvgIpc) is 2.34. The van der Waals surface area contributed by atoms with Gasteiger partial charge in [0, 0.05) is 0 Å². The first-order valence-electron chi connectivity index (χ1n) is 3.49. The van der Waals surface area contributed by atoms with Crippen molar-refractivity contribution in [1.82, 2.24) is 9.97 Å². The molecular formula is C7H9N3O. The molecule has 58 valence electrons. The highest BCUT2D eigenvalue weighted by Gasteiger charge is 2.16. The summed E-state index contributed by atoms with van der Waals surface area (Å²) in [7, 11) is 0. The van der Waals surface area contributed by atoms with Crippen LogP contribution in [0.25, 0.3) is 0 Å². The molecule has 0 fully saturated rings. The quantitative estimate of drug-likeness (QED) is 0.597. The van der Waals surface area contributed by atoms with E-state index in [9.17, 15) is 0 Å². The number of fused-ring (bicyclic) bond motifs is 1. The van der Waals surface area contributed by atoms with Crippen LogP contribution < -0.4 is 10.1 Å². The van der Waals surface area contributed by atoms with E-state index < -0.39 is 0 Å². The van der Waals surface area contributed by atoms with E-state index >= 15 is 0 Å². The van der Waals surface area contributed by atoms with E-state index in [4.69, 9.17) is 4.74 Å². The van der Waals surface area contributed by atoms with Crippen LogP contribution in [0, 0.1) is 13.8 Å². The Hall–Kier alpha value is -1.32. The largest absolute Gasteiger partial charge is 0.467 e. The Kier molecular flexibility index (Phi) is 1.21. The van der Waals surface area contributed by atoms with E-state index in [0.717, 1.165) is 23.1 Å². The zero-order chi connectivity index (χ0) is 7.84. The van der Waals surface area contributed by atoms with E-state index in [1.165, 1.54) is 0 Å². The van der Waals surface area contributed by atoms with Gasteiger partial charge in [0.15, 0.2) is 18.3 Å². The summed E-state index contributed by atoms with van der Waals surface area (Å²) in [5, 5.41) is 3.01. The van der Waals surface area contributed by atoms with Gasteiger partial charge < -0.3 is 10.1 Å². The number of hydrogen-bond donors (Lipinski definition) is 1. The smallest absolute Gasteiger partial charge is 0.185 e. The Labute approximate surface area is 64.6 Å². The third kappa shape index (κ3) is 0.906. The molecule has 0 spiro atoms. The van der Waals surface area contributed by atoms with Crippen molar-refractivity contribution >= 4 is 5.82 Å². The minimum absolute atomic E-state index is 0.508. The van der Waals surface area contributed by atoms with Crippen LogP contribution >= 0.6 is 0 Å². The summed E-state index contributed by atoms with van der Waals surface area (Å²) in [5.74, 6) is 2.38. The number of aromatic nitrogens is 2. The van der Waals surface area contributed by atoms with Gasteiger partial charge in [-0.05, 0) is 13.8 Å². The average molecular weight is 151 g/mol. The van der Waals surface area contributed by atoms with Crippen LogP contribution in [0.15, 0.2) is 0 Å². The minimum Gasteiger partial charge on any atom is -0.467 e.